The molecule has 0 spiro atoms. The van der Waals surface area contributed by atoms with E-state index in [0.29, 0.717) is 0 Å². The van der Waals surface area contributed by atoms with E-state index in [-0.39, 0.29) is 6.42 Å². The lowest BCUT2D eigenvalue weighted by molar-refractivity contribution is -0.350. The molecule has 0 heterocycles. The highest BCUT2D eigenvalue weighted by Crippen LogP contribution is 2.35. The zero-order chi connectivity index (χ0) is 13.9. The minimum atomic E-state index is -4.68. The van der Waals surface area contributed by atoms with Crippen molar-refractivity contribution >= 4 is 5.57 Å². The summed E-state index contributed by atoms with van der Waals surface area (Å²) in [6.07, 6.45) is 1.35. The van der Waals surface area contributed by atoms with E-state index in [0.717, 1.165) is 11.1 Å². The minimum absolute atomic E-state index is 0.108. The van der Waals surface area contributed by atoms with E-state index >= 15 is 0 Å². The normalized spacial score (nSPS) is 23.0. The van der Waals surface area contributed by atoms with Crippen molar-refractivity contribution in [3.05, 3.63) is 66.8 Å². The SMILES string of the molecule is C=CC1(OC(F)(F)F)C=CC(c2ccccc2)=CC1. The molecule has 0 fully saturated rings. The van der Waals surface area contributed by atoms with Crippen LogP contribution in [0.3, 0.4) is 0 Å². The second-order valence-corrected chi connectivity index (χ2v) is 4.27. The van der Waals surface area contributed by atoms with Gasteiger partial charge in [0.2, 0.25) is 0 Å². The summed E-state index contributed by atoms with van der Waals surface area (Å²) in [4.78, 5) is 0. The molecular formula is C15H13F3O. The van der Waals surface area contributed by atoms with Crippen LogP contribution in [0.25, 0.3) is 5.57 Å². The predicted molar refractivity (Wildman–Crippen MR) is 68.2 cm³/mol. The first-order valence-corrected chi connectivity index (χ1v) is 5.79. The van der Waals surface area contributed by atoms with Crippen molar-refractivity contribution in [2.24, 2.45) is 0 Å². The minimum Gasteiger partial charge on any atom is -0.276 e. The summed E-state index contributed by atoms with van der Waals surface area (Å²) >= 11 is 0. The molecule has 2 rings (SSSR count). The Kier molecular flexibility index (Phi) is 3.62. The molecule has 1 atom stereocenters. The average Bonchev–Trinajstić information content (AvgIpc) is 2.39. The van der Waals surface area contributed by atoms with Gasteiger partial charge in [-0.2, -0.15) is 0 Å². The summed E-state index contributed by atoms with van der Waals surface area (Å²) in [6.45, 7) is 3.43. The fraction of sp³-hybridized carbons (Fsp3) is 0.200. The lowest BCUT2D eigenvalue weighted by Gasteiger charge is -2.30. The Bertz CT molecular complexity index is 514. The number of alkyl halides is 3. The highest BCUT2D eigenvalue weighted by Gasteiger charge is 2.40. The summed E-state index contributed by atoms with van der Waals surface area (Å²) in [5.74, 6) is 0. The van der Waals surface area contributed by atoms with E-state index < -0.39 is 12.0 Å². The molecule has 100 valence electrons. The Morgan fingerprint density at radius 3 is 2.37 bits per heavy atom. The first-order chi connectivity index (χ1) is 8.94. The van der Waals surface area contributed by atoms with E-state index in [2.05, 4.69) is 11.3 Å². The quantitative estimate of drug-likeness (QED) is 0.732. The van der Waals surface area contributed by atoms with Crippen LogP contribution in [0.4, 0.5) is 13.2 Å². The zero-order valence-corrected chi connectivity index (χ0v) is 10.2. The first kappa shape index (κ1) is 13.6. The summed E-state index contributed by atoms with van der Waals surface area (Å²) in [5, 5.41) is 0. The van der Waals surface area contributed by atoms with Crippen molar-refractivity contribution in [3.8, 4) is 0 Å². The zero-order valence-electron chi connectivity index (χ0n) is 10.2. The molecule has 0 amide bonds. The third-order valence-corrected chi connectivity index (χ3v) is 2.94. The van der Waals surface area contributed by atoms with Crippen LogP contribution in [0.2, 0.25) is 0 Å². The van der Waals surface area contributed by atoms with Gasteiger partial charge >= 0.3 is 6.36 Å². The monoisotopic (exact) mass is 266 g/mol. The van der Waals surface area contributed by atoms with Gasteiger partial charge < -0.3 is 0 Å². The number of rotatable bonds is 3. The van der Waals surface area contributed by atoms with Gasteiger partial charge in [-0.3, -0.25) is 4.74 Å². The smallest absolute Gasteiger partial charge is 0.276 e. The largest absolute Gasteiger partial charge is 0.523 e. The molecule has 1 aromatic carbocycles. The molecule has 0 aromatic heterocycles. The van der Waals surface area contributed by atoms with Crippen LogP contribution >= 0.6 is 0 Å². The first-order valence-electron chi connectivity index (χ1n) is 5.79. The van der Waals surface area contributed by atoms with Crippen LogP contribution < -0.4 is 0 Å². The summed E-state index contributed by atoms with van der Waals surface area (Å²) < 4.78 is 41.3. The van der Waals surface area contributed by atoms with Crippen LogP contribution in [0.15, 0.2) is 61.2 Å². The van der Waals surface area contributed by atoms with Crippen LogP contribution in [0.5, 0.6) is 0 Å². The fourth-order valence-electron chi connectivity index (χ4n) is 1.97. The van der Waals surface area contributed by atoms with E-state index in [1.165, 1.54) is 12.2 Å². The van der Waals surface area contributed by atoms with Gasteiger partial charge in [-0.25, -0.2) is 0 Å². The molecule has 1 aliphatic carbocycles. The Labute approximate surface area is 109 Å². The molecule has 1 aliphatic rings. The maximum absolute atomic E-state index is 12.4. The van der Waals surface area contributed by atoms with Gasteiger partial charge in [0.25, 0.3) is 0 Å². The third-order valence-electron chi connectivity index (χ3n) is 2.94. The van der Waals surface area contributed by atoms with Crippen molar-refractivity contribution in [2.75, 3.05) is 0 Å². The van der Waals surface area contributed by atoms with Gasteiger partial charge in [-0.1, -0.05) is 55.1 Å². The predicted octanol–water partition coefficient (Wildman–Crippen LogP) is 4.49. The summed E-state index contributed by atoms with van der Waals surface area (Å²) in [5.41, 5.74) is 0.337. The topological polar surface area (TPSA) is 9.23 Å². The van der Waals surface area contributed by atoms with Crippen molar-refractivity contribution in [1.82, 2.24) is 0 Å². The number of benzene rings is 1. The molecule has 0 radical (unpaired) electrons. The second kappa shape index (κ2) is 5.05. The lowest BCUT2D eigenvalue weighted by Crippen LogP contribution is -2.35. The highest BCUT2D eigenvalue weighted by molar-refractivity contribution is 5.75. The molecule has 1 nitrogen and oxygen atoms in total. The molecule has 0 N–H and O–H groups in total. The highest BCUT2D eigenvalue weighted by atomic mass is 19.4. The Balaban J connectivity index is 2.19. The van der Waals surface area contributed by atoms with Crippen LogP contribution in [0.1, 0.15) is 12.0 Å². The van der Waals surface area contributed by atoms with Gasteiger partial charge in [0.05, 0.1) is 0 Å². The molecule has 0 saturated heterocycles. The number of hydrogen-bond acceptors (Lipinski definition) is 1. The van der Waals surface area contributed by atoms with Crippen LogP contribution in [0, 0.1) is 0 Å². The lowest BCUT2D eigenvalue weighted by atomic mass is 9.89. The number of ether oxygens (including phenoxy) is 1. The maximum atomic E-state index is 12.4. The number of allylic oxidation sites excluding steroid dienone is 2. The van der Waals surface area contributed by atoms with E-state index in [1.807, 2.05) is 30.3 Å². The molecular weight excluding hydrogens is 253 g/mol. The van der Waals surface area contributed by atoms with E-state index in [4.69, 9.17) is 0 Å². The van der Waals surface area contributed by atoms with Gasteiger partial charge in [0.1, 0.15) is 5.60 Å². The Morgan fingerprint density at radius 2 is 1.89 bits per heavy atom. The third kappa shape index (κ3) is 3.35. The van der Waals surface area contributed by atoms with Crippen LogP contribution in [-0.4, -0.2) is 12.0 Å². The molecule has 4 heteroatoms. The second-order valence-electron chi connectivity index (χ2n) is 4.27. The molecule has 19 heavy (non-hydrogen) atoms. The van der Waals surface area contributed by atoms with Gasteiger partial charge in [0, 0.05) is 6.42 Å². The maximum Gasteiger partial charge on any atom is 0.523 e. The standard InChI is InChI=1S/C15H13F3O/c1-2-14(19-15(16,17)18)10-8-13(9-11-14)12-6-4-3-5-7-12/h2-10H,1,11H2. The van der Waals surface area contributed by atoms with Crippen molar-refractivity contribution < 1.29 is 17.9 Å². The summed E-state index contributed by atoms with van der Waals surface area (Å²) in [6, 6.07) is 9.46. The summed E-state index contributed by atoms with van der Waals surface area (Å²) in [7, 11) is 0. The van der Waals surface area contributed by atoms with Crippen molar-refractivity contribution in [2.45, 2.75) is 18.4 Å². The Hall–Kier alpha value is -1.81. The van der Waals surface area contributed by atoms with E-state index in [1.54, 1.807) is 12.2 Å². The number of hydrogen-bond donors (Lipinski definition) is 0. The van der Waals surface area contributed by atoms with Gasteiger partial charge in [-0.15, -0.1) is 13.2 Å². The van der Waals surface area contributed by atoms with Crippen LogP contribution in [-0.2, 0) is 4.74 Å². The van der Waals surface area contributed by atoms with Crippen molar-refractivity contribution in [3.63, 3.8) is 0 Å². The van der Waals surface area contributed by atoms with Gasteiger partial charge in [0.15, 0.2) is 0 Å². The molecule has 0 saturated carbocycles. The molecule has 1 unspecified atom stereocenters. The fourth-order valence-corrected chi connectivity index (χ4v) is 1.97. The van der Waals surface area contributed by atoms with E-state index in [9.17, 15) is 13.2 Å². The van der Waals surface area contributed by atoms with Gasteiger partial charge in [-0.05, 0) is 17.2 Å². The molecule has 0 bridgehead atoms. The number of halogens is 3. The molecule has 0 aliphatic heterocycles. The Morgan fingerprint density at radius 1 is 1.21 bits per heavy atom. The average molecular weight is 266 g/mol. The van der Waals surface area contributed by atoms with Crippen molar-refractivity contribution in [1.29, 1.82) is 0 Å². The molecule has 1 aromatic rings.